The molecule has 0 spiro atoms. The Morgan fingerprint density at radius 3 is 2.71 bits per heavy atom. The van der Waals surface area contributed by atoms with Gasteiger partial charge in [0.15, 0.2) is 11.5 Å². The van der Waals surface area contributed by atoms with E-state index in [0.717, 1.165) is 23.2 Å². The van der Waals surface area contributed by atoms with Gasteiger partial charge in [-0.3, -0.25) is 9.89 Å². The Morgan fingerprint density at radius 2 is 2.04 bits per heavy atom. The molecule has 1 aliphatic heterocycles. The Hall–Kier alpha value is -2.82. The van der Waals surface area contributed by atoms with Crippen LogP contribution in [0.25, 0.3) is 11.5 Å². The molecule has 1 amide bonds. The number of fused-ring (bicyclic) bond motifs is 1. The second-order valence-corrected chi connectivity index (χ2v) is 6.15. The molecule has 1 N–H and O–H groups in total. The number of rotatable bonds is 4. The molecule has 1 aliphatic rings. The Bertz CT molecular complexity index is 863. The zero-order valence-electron chi connectivity index (χ0n) is 13.7. The summed E-state index contributed by atoms with van der Waals surface area (Å²) < 4.78 is 5.54. The van der Waals surface area contributed by atoms with Crippen molar-refractivity contribution >= 4 is 5.91 Å². The van der Waals surface area contributed by atoms with Crippen molar-refractivity contribution in [2.24, 2.45) is 0 Å². The molecule has 0 radical (unpaired) electrons. The topological polar surface area (TPSA) is 62.1 Å². The predicted molar refractivity (Wildman–Crippen MR) is 90.6 cm³/mol. The van der Waals surface area contributed by atoms with E-state index in [1.54, 1.807) is 6.26 Å². The number of benzene rings is 1. The van der Waals surface area contributed by atoms with Crippen molar-refractivity contribution in [3.63, 3.8) is 0 Å². The maximum absolute atomic E-state index is 12.8. The van der Waals surface area contributed by atoms with Gasteiger partial charge in [0.25, 0.3) is 5.91 Å². The highest BCUT2D eigenvalue weighted by molar-refractivity contribution is 5.99. The standard InChI is InChI=1S/C19H19N3O2/c1-3-10-22-18(13-8-6-12(2)7-9-13)15-16(14-5-4-11-24-14)20-21-17(15)19(22)23/h4-9,11,18H,3,10H2,1-2H3,(H,20,21)/t18-/m0/s1. The fraction of sp³-hybridized carbons (Fsp3) is 0.263. The number of aromatic nitrogens is 2. The molecule has 2 aromatic heterocycles. The van der Waals surface area contributed by atoms with Crippen molar-refractivity contribution in [1.29, 1.82) is 0 Å². The number of hydrogen-bond acceptors (Lipinski definition) is 3. The number of furan rings is 1. The van der Waals surface area contributed by atoms with Gasteiger partial charge >= 0.3 is 0 Å². The molecule has 1 atom stereocenters. The van der Waals surface area contributed by atoms with E-state index < -0.39 is 0 Å². The largest absolute Gasteiger partial charge is 0.463 e. The number of aromatic amines is 1. The van der Waals surface area contributed by atoms with Crippen molar-refractivity contribution in [1.82, 2.24) is 15.1 Å². The molecule has 3 heterocycles. The van der Waals surface area contributed by atoms with Gasteiger partial charge in [-0.15, -0.1) is 0 Å². The summed E-state index contributed by atoms with van der Waals surface area (Å²) in [6.07, 6.45) is 2.53. The first-order chi connectivity index (χ1) is 11.7. The summed E-state index contributed by atoms with van der Waals surface area (Å²) in [5.74, 6) is 0.679. The summed E-state index contributed by atoms with van der Waals surface area (Å²) in [7, 11) is 0. The molecule has 24 heavy (non-hydrogen) atoms. The van der Waals surface area contributed by atoms with Crippen molar-refractivity contribution in [3.8, 4) is 11.5 Å². The van der Waals surface area contributed by atoms with Crippen LogP contribution in [-0.4, -0.2) is 27.5 Å². The second-order valence-electron chi connectivity index (χ2n) is 6.15. The van der Waals surface area contributed by atoms with Gasteiger partial charge in [-0.05, 0) is 31.0 Å². The smallest absolute Gasteiger partial charge is 0.275 e. The summed E-state index contributed by atoms with van der Waals surface area (Å²) in [5, 5.41) is 7.27. The SMILES string of the molecule is CCCN1C(=O)c2n[nH]c(-c3ccco3)c2[C@@H]1c1ccc(C)cc1. The highest BCUT2D eigenvalue weighted by atomic mass is 16.3. The molecule has 0 saturated heterocycles. The number of H-pyrrole nitrogens is 1. The molecule has 122 valence electrons. The van der Waals surface area contributed by atoms with Crippen LogP contribution in [-0.2, 0) is 0 Å². The summed E-state index contributed by atoms with van der Waals surface area (Å²) in [4.78, 5) is 14.7. The number of nitrogens with zero attached hydrogens (tertiary/aromatic N) is 2. The minimum atomic E-state index is -0.133. The van der Waals surface area contributed by atoms with E-state index in [-0.39, 0.29) is 11.9 Å². The first-order valence-electron chi connectivity index (χ1n) is 8.20. The van der Waals surface area contributed by atoms with Crippen LogP contribution in [0.15, 0.2) is 47.1 Å². The fourth-order valence-electron chi connectivity index (χ4n) is 3.36. The lowest BCUT2D eigenvalue weighted by atomic mass is 9.97. The molecule has 0 saturated carbocycles. The van der Waals surface area contributed by atoms with E-state index in [4.69, 9.17) is 4.42 Å². The zero-order valence-corrected chi connectivity index (χ0v) is 13.7. The van der Waals surface area contributed by atoms with Crippen LogP contribution >= 0.6 is 0 Å². The van der Waals surface area contributed by atoms with Gasteiger partial charge in [0.2, 0.25) is 0 Å². The number of carbonyl (C=O) groups is 1. The van der Waals surface area contributed by atoms with Crippen LogP contribution in [0.3, 0.4) is 0 Å². The van der Waals surface area contributed by atoms with E-state index in [9.17, 15) is 4.79 Å². The molecule has 5 heteroatoms. The molecular weight excluding hydrogens is 302 g/mol. The molecule has 0 unspecified atom stereocenters. The van der Waals surface area contributed by atoms with Gasteiger partial charge in [-0.25, -0.2) is 0 Å². The minimum absolute atomic E-state index is 0.0218. The number of amides is 1. The first kappa shape index (κ1) is 14.8. The summed E-state index contributed by atoms with van der Waals surface area (Å²) in [6.45, 7) is 4.84. The monoisotopic (exact) mass is 321 g/mol. The average molecular weight is 321 g/mol. The Kier molecular flexibility index (Phi) is 3.49. The van der Waals surface area contributed by atoms with Crippen LogP contribution < -0.4 is 0 Å². The summed E-state index contributed by atoms with van der Waals surface area (Å²) >= 11 is 0. The molecule has 0 fully saturated rings. The van der Waals surface area contributed by atoms with Gasteiger partial charge < -0.3 is 9.32 Å². The third-order valence-corrected chi connectivity index (χ3v) is 4.48. The Morgan fingerprint density at radius 1 is 1.25 bits per heavy atom. The summed E-state index contributed by atoms with van der Waals surface area (Å²) in [5.41, 5.74) is 4.49. The molecular formula is C19H19N3O2. The van der Waals surface area contributed by atoms with Crippen LogP contribution in [0.5, 0.6) is 0 Å². The van der Waals surface area contributed by atoms with E-state index in [1.165, 1.54) is 5.56 Å². The second kappa shape index (κ2) is 5.67. The first-order valence-corrected chi connectivity index (χ1v) is 8.20. The van der Waals surface area contributed by atoms with Gasteiger partial charge in [-0.2, -0.15) is 5.10 Å². The quantitative estimate of drug-likeness (QED) is 0.792. The third-order valence-electron chi connectivity index (χ3n) is 4.48. The van der Waals surface area contributed by atoms with E-state index in [2.05, 4.69) is 48.3 Å². The highest BCUT2D eigenvalue weighted by Gasteiger charge is 2.42. The van der Waals surface area contributed by atoms with Crippen molar-refractivity contribution in [2.45, 2.75) is 26.3 Å². The number of nitrogens with one attached hydrogen (secondary N) is 1. The molecule has 3 aromatic rings. The van der Waals surface area contributed by atoms with Crippen molar-refractivity contribution in [3.05, 3.63) is 65.0 Å². The minimum Gasteiger partial charge on any atom is -0.463 e. The van der Waals surface area contributed by atoms with E-state index in [1.807, 2.05) is 17.0 Å². The predicted octanol–water partition coefficient (Wildman–Crippen LogP) is 3.93. The van der Waals surface area contributed by atoms with Gasteiger partial charge in [0.1, 0.15) is 5.69 Å². The van der Waals surface area contributed by atoms with Gasteiger partial charge in [0, 0.05) is 12.1 Å². The summed E-state index contributed by atoms with van der Waals surface area (Å²) in [6, 6.07) is 11.9. The van der Waals surface area contributed by atoms with Gasteiger partial charge in [-0.1, -0.05) is 36.8 Å². The van der Waals surface area contributed by atoms with Crippen LogP contribution in [0, 0.1) is 6.92 Å². The molecule has 0 bridgehead atoms. The third kappa shape index (κ3) is 2.16. The maximum atomic E-state index is 12.8. The number of aryl methyl sites for hydroxylation is 1. The molecule has 1 aromatic carbocycles. The maximum Gasteiger partial charge on any atom is 0.275 e. The van der Waals surface area contributed by atoms with Crippen LogP contribution in [0.4, 0.5) is 0 Å². The fourth-order valence-corrected chi connectivity index (χ4v) is 3.36. The number of carbonyl (C=O) groups excluding carboxylic acids is 1. The molecule has 5 nitrogen and oxygen atoms in total. The van der Waals surface area contributed by atoms with Crippen molar-refractivity contribution in [2.75, 3.05) is 6.54 Å². The normalized spacial score (nSPS) is 16.7. The number of hydrogen-bond donors (Lipinski definition) is 1. The van der Waals surface area contributed by atoms with Crippen LogP contribution in [0.1, 0.15) is 46.6 Å². The lowest BCUT2D eigenvalue weighted by molar-refractivity contribution is 0.0744. The Labute approximate surface area is 140 Å². The van der Waals surface area contributed by atoms with Crippen molar-refractivity contribution < 1.29 is 9.21 Å². The highest BCUT2D eigenvalue weighted by Crippen LogP contribution is 2.42. The Balaban J connectivity index is 1.89. The molecule has 4 rings (SSSR count). The van der Waals surface area contributed by atoms with E-state index in [0.29, 0.717) is 18.0 Å². The average Bonchev–Trinajstić information content (AvgIpc) is 3.28. The lowest BCUT2D eigenvalue weighted by Gasteiger charge is -2.26. The zero-order chi connectivity index (χ0) is 16.7. The van der Waals surface area contributed by atoms with Gasteiger partial charge in [0.05, 0.1) is 12.3 Å². The van der Waals surface area contributed by atoms with E-state index >= 15 is 0 Å². The molecule has 0 aliphatic carbocycles. The van der Waals surface area contributed by atoms with Crippen LogP contribution in [0.2, 0.25) is 0 Å². The lowest BCUT2D eigenvalue weighted by Crippen LogP contribution is -2.30.